The number of ether oxygens (including phenoxy) is 2. The maximum absolute atomic E-state index is 12.6. The Hall–Kier alpha value is -2.64. The number of anilines is 1. The van der Waals surface area contributed by atoms with E-state index >= 15 is 0 Å². The van der Waals surface area contributed by atoms with Gasteiger partial charge in [-0.05, 0) is 24.3 Å². The molecule has 1 aliphatic rings. The number of amides is 1. The molecule has 3 heterocycles. The third-order valence-electron chi connectivity index (χ3n) is 3.75. The lowest BCUT2D eigenvalue weighted by Crippen LogP contribution is -2.12. The van der Waals surface area contributed by atoms with Gasteiger partial charge in [0.1, 0.15) is 0 Å². The van der Waals surface area contributed by atoms with Crippen LogP contribution < -0.4 is 14.8 Å². The van der Waals surface area contributed by atoms with Crippen LogP contribution in [-0.4, -0.2) is 29.1 Å². The Bertz CT molecular complexity index is 946. The second-order valence-electron chi connectivity index (χ2n) is 5.57. The number of thiazole rings is 1. The number of fused-ring (bicyclic) bond motifs is 1. The number of hydrogen-bond donors (Lipinski definition) is 1. The van der Waals surface area contributed by atoms with Crippen LogP contribution in [0.3, 0.4) is 0 Å². The molecule has 1 aliphatic heterocycles. The fraction of sp³-hybridized carbons (Fsp3) is 0.167. The first-order valence-corrected chi connectivity index (χ1v) is 9.23. The number of hydrogen-bond acceptors (Lipinski definition) is 6. The molecule has 0 spiro atoms. The van der Waals surface area contributed by atoms with E-state index < -0.39 is 0 Å². The highest BCUT2D eigenvalue weighted by atomic mass is 35.5. The minimum absolute atomic E-state index is 0.311. The number of nitrogens with one attached hydrogen (secondary N) is 1. The summed E-state index contributed by atoms with van der Waals surface area (Å²) in [6, 6.07) is 6.96. The van der Waals surface area contributed by atoms with Crippen LogP contribution in [0.4, 0.5) is 5.13 Å². The molecule has 1 aromatic carbocycles. The van der Waals surface area contributed by atoms with Crippen molar-refractivity contribution in [3.63, 3.8) is 0 Å². The van der Waals surface area contributed by atoms with Crippen molar-refractivity contribution in [1.82, 2.24) is 9.97 Å². The van der Waals surface area contributed by atoms with E-state index in [-0.39, 0.29) is 5.91 Å². The first-order chi connectivity index (χ1) is 12.7. The zero-order valence-corrected chi connectivity index (χ0v) is 15.1. The van der Waals surface area contributed by atoms with Crippen LogP contribution in [0, 0.1) is 0 Å². The third-order valence-corrected chi connectivity index (χ3v) is 4.78. The summed E-state index contributed by atoms with van der Waals surface area (Å²) in [6.45, 7) is 1.06. The Labute approximate surface area is 158 Å². The van der Waals surface area contributed by atoms with Crippen molar-refractivity contribution in [1.29, 1.82) is 0 Å². The summed E-state index contributed by atoms with van der Waals surface area (Å²) in [5.74, 6) is 0.652. The highest BCUT2D eigenvalue weighted by Crippen LogP contribution is 2.38. The van der Waals surface area contributed by atoms with Crippen LogP contribution in [0.25, 0.3) is 11.3 Å². The number of nitrogens with zero attached hydrogens (tertiary/aromatic N) is 2. The van der Waals surface area contributed by atoms with E-state index in [1.807, 2.05) is 17.5 Å². The second kappa shape index (κ2) is 7.31. The minimum atomic E-state index is -0.311. The van der Waals surface area contributed by atoms with Crippen molar-refractivity contribution in [3.8, 4) is 22.8 Å². The van der Waals surface area contributed by atoms with Gasteiger partial charge in [0, 0.05) is 35.3 Å². The maximum Gasteiger partial charge on any atom is 0.257 e. The number of pyridine rings is 1. The number of benzene rings is 1. The zero-order valence-electron chi connectivity index (χ0n) is 13.6. The van der Waals surface area contributed by atoms with E-state index in [2.05, 4.69) is 15.3 Å². The van der Waals surface area contributed by atoms with Gasteiger partial charge in [-0.2, -0.15) is 0 Å². The maximum atomic E-state index is 12.6. The quantitative estimate of drug-likeness (QED) is 0.726. The van der Waals surface area contributed by atoms with E-state index in [4.69, 9.17) is 21.1 Å². The average molecular weight is 388 g/mol. The van der Waals surface area contributed by atoms with Crippen molar-refractivity contribution < 1.29 is 14.3 Å². The van der Waals surface area contributed by atoms with Gasteiger partial charge < -0.3 is 9.47 Å². The molecule has 8 heteroatoms. The van der Waals surface area contributed by atoms with Crippen molar-refractivity contribution >= 4 is 34.0 Å². The van der Waals surface area contributed by atoms with Crippen LogP contribution in [0.15, 0.2) is 42.0 Å². The highest BCUT2D eigenvalue weighted by molar-refractivity contribution is 7.14. The summed E-state index contributed by atoms with van der Waals surface area (Å²) in [7, 11) is 0. The molecule has 0 saturated carbocycles. The predicted octanol–water partition coefficient (Wildman–Crippen LogP) is 4.27. The summed E-state index contributed by atoms with van der Waals surface area (Å²) >= 11 is 7.59. The first-order valence-electron chi connectivity index (χ1n) is 7.97. The minimum Gasteiger partial charge on any atom is -0.489 e. The van der Waals surface area contributed by atoms with E-state index in [9.17, 15) is 4.79 Å². The van der Waals surface area contributed by atoms with Crippen LogP contribution in [0.2, 0.25) is 5.02 Å². The molecule has 2 aromatic heterocycles. The number of carbonyl (C=O) groups is 1. The lowest BCUT2D eigenvalue weighted by Gasteiger charge is -2.11. The number of rotatable bonds is 3. The van der Waals surface area contributed by atoms with Crippen molar-refractivity contribution in [2.75, 3.05) is 18.5 Å². The number of carbonyl (C=O) groups excluding carboxylic acids is 1. The molecule has 26 heavy (non-hydrogen) atoms. The smallest absolute Gasteiger partial charge is 0.257 e. The molecule has 3 aromatic rings. The molecule has 0 fully saturated rings. The van der Waals surface area contributed by atoms with E-state index in [1.54, 1.807) is 24.5 Å². The normalized spacial score (nSPS) is 13.1. The topological polar surface area (TPSA) is 73.3 Å². The van der Waals surface area contributed by atoms with Crippen LogP contribution in [-0.2, 0) is 0 Å². The van der Waals surface area contributed by atoms with Crippen LogP contribution in [0.1, 0.15) is 16.8 Å². The van der Waals surface area contributed by atoms with Gasteiger partial charge in [-0.1, -0.05) is 11.6 Å². The second-order valence-corrected chi connectivity index (χ2v) is 6.83. The van der Waals surface area contributed by atoms with Gasteiger partial charge in [0.05, 0.1) is 23.9 Å². The molecule has 1 amide bonds. The average Bonchev–Trinajstić information content (AvgIpc) is 2.98. The van der Waals surface area contributed by atoms with E-state index in [1.165, 1.54) is 11.3 Å². The molecule has 0 aliphatic carbocycles. The van der Waals surface area contributed by atoms with Gasteiger partial charge in [-0.15, -0.1) is 11.3 Å². The fourth-order valence-electron chi connectivity index (χ4n) is 2.51. The summed E-state index contributed by atoms with van der Waals surface area (Å²) in [5.41, 5.74) is 2.04. The molecular formula is C18H14ClN3O3S. The fourth-order valence-corrected chi connectivity index (χ4v) is 3.49. The van der Waals surface area contributed by atoms with Gasteiger partial charge in [0.15, 0.2) is 16.6 Å². The van der Waals surface area contributed by atoms with Gasteiger partial charge in [-0.3, -0.25) is 15.1 Å². The highest BCUT2D eigenvalue weighted by Gasteiger charge is 2.19. The zero-order chi connectivity index (χ0) is 17.9. The molecule has 0 atom stereocenters. The Morgan fingerprint density at radius 2 is 2.15 bits per heavy atom. The molecular weight excluding hydrogens is 374 g/mol. The summed E-state index contributed by atoms with van der Waals surface area (Å²) in [6.07, 6.45) is 4.19. The van der Waals surface area contributed by atoms with Gasteiger partial charge in [0.25, 0.3) is 5.91 Å². The standard InChI is InChI=1S/C18H14ClN3O3S/c19-13-7-12(8-15-16(13)25-6-2-5-24-15)17(23)22-18-21-14(10-26-18)11-3-1-4-20-9-11/h1,3-4,7-10H,2,5-6H2,(H,21,22,23). The molecule has 1 N–H and O–H groups in total. The van der Waals surface area contributed by atoms with E-state index in [0.29, 0.717) is 40.4 Å². The van der Waals surface area contributed by atoms with Crippen LogP contribution in [0.5, 0.6) is 11.5 Å². The molecule has 6 nitrogen and oxygen atoms in total. The molecule has 0 unspecified atom stereocenters. The van der Waals surface area contributed by atoms with E-state index in [0.717, 1.165) is 17.7 Å². The summed E-state index contributed by atoms with van der Waals surface area (Å²) < 4.78 is 11.2. The molecule has 0 radical (unpaired) electrons. The van der Waals surface area contributed by atoms with Crippen molar-refractivity contribution in [2.45, 2.75) is 6.42 Å². The third kappa shape index (κ3) is 3.49. The Kier molecular flexibility index (Phi) is 4.73. The first kappa shape index (κ1) is 16.8. The van der Waals surface area contributed by atoms with Gasteiger partial charge in [-0.25, -0.2) is 4.98 Å². The number of aromatic nitrogens is 2. The lowest BCUT2D eigenvalue weighted by molar-refractivity contribution is 0.102. The molecule has 0 saturated heterocycles. The summed E-state index contributed by atoms with van der Waals surface area (Å²) in [4.78, 5) is 21.1. The van der Waals surface area contributed by atoms with Crippen molar-refractivity contribution in [2.24, 2.45) is 0 Å². The Morgan fingerprint density at radius 1 is 1.27 bits per heavy atom. The molecule has 4 rings (SSSR count). The summed E-state index contributed by atoms with van der Waals surface area (Å²) in [5, 5.41) is 5.51. The molecule has 132 valence electrons. The lowest BCUT2D eigenvalue weighted by atomic mass is 10.2. The van der Waals surface area contributed by atoms with Gasteiger partial charge in [0.2, 0.25) is 0 Å². The predicted molar refractivity (Wildman–Crippen MR) is 100 cm³/mol. The van der Waals surface area contributed by atoms with Gasteiger partial charge >= 0.3 is 0 Å². The molecule has 0 bridgehead atoms. The largest absolute Gasteiger partial charge is 0.489 e. The number of halogens is 1. The van der Waals surface area contributed by atoms with Crippen molar-refractivity contribution in [3.05, 3.63) is 52.6 Å². The Morgan fingerprint density at radius 3 is 3.00 bits per heavy atom. The van der Waals surface area contributed by atoms with Crippen LogP contribution >= 0.6 is 22.9 Å². The SMILES string of the molecule is O=C(Nc1nc(-c2cccnc2)cs1)c1cc(Cl)c2c(c1)OCCCO2. The monoisotopic (exact) mass is 387 g/mol. The Balaban J connectivity index is 1.55.